The van der Waals surface area contributed by atoms with Gasteiger partial charge in [-0.1, -0.05) is 92.7 Å². The quantitative estimate of drug-likeness (QED) is 0.352. The lowest BCUT2D eigenvalue weighted by Crippen LogP contribution is -1.82. The van der Waals surface area contributed by atoms with Crippen molar-refractivity contribution in [3.8, 4) is 45.0 Å². The zero-order valence-corrected chi connectivity index (χ0v) is 17.1. The van der Waals surface area contributed by atoms with E-state index < -0.39 is 0 Å². The summed E-state index contributed by atoms with van der Waals surface area (Å²) in [5, 5.41) is 15.3. The molecule has 0 unspecified atom stereocenters. The van der Waals surface area contributed by atoms with Crippen LogP contribution in [0.4, 0.5) is 0 Å². The maximum Gasteiger partial charge on any atom is 0.0927 e. The first-order chi connectivity index (χ1) is 14.9. The van der Waals surface area contributed by atoms with Gasteiger partial charge in [-0.15, -0.1) is 0 Å². The fourth-order valence-corrected chi connectivity index (χ4v) is 3.31. The van der Waals surface area contributed by atoms with Crippen LogP contribution in [0.3, 0.4) is 0 Å². The van der Waals surface area contributed by atoms with E-state index in [9.17, 15) is 0 Å². The Hall–Kier alpha value is -3.92. The highest BCUT2D eigenvalue weighted by Crippen LogP contribution is 2.29. The number of hydrogen-bond acceptors (Lipinski definition) is 2. The molecule has 0 atom stereocenters. The molecule has 0 saturated carbocycles. The average molecular weight is 393 g/mol. The molecule has 0 aliphatic heterocycles. The first kappa shape index (κ1) is 19.4. The summed E-state index contributed by atoms with van der Waals surface area (Å²) < 4.78 is 0. The van der Waals surface area contributed by atoms with E-state index in [2.05, 4.69) is 75.0 Å². The highest BCUT2D eigenvalue weighted by molar-refractivity contribution is 5.74. The average Bonchev–Trinajstić information content (AvgIpc) is 3.52. The summed E-state index contributed by atoms with van der Waals surface area (Å²) in [6.45, 7) is 4.00. The van der Waals surface area contributed by atoms with E-state index in [1.165, 1.54) is 0 Å². The molecule has 5 aromatic rings. The lowest BCUT2D eigenvalue weighted by atomic mass is 10.0. The van der Waals surface area contributed by atoms with Crippen molar-refractivity contribution in [3.05, 3.63) is 97.1 Å². The molecule has 4 nitrogen and oxygen atoms in total. The summed E-state index contributed by atoms with van der Waals surface area (Å²) in [7, 11) is 0. The molecule has 0 spiro atoms. The molecule has 0 aliphatic rings. The maximum atomic E-state index is 4.50. The maximum absolute atomic E-state index is 4.50. The van der Waals surface area contributed by atoms with Gasteiger partial charge in [-0.2, -0.15) is 10.2 Å². The van der Waals surface area contributed by atoms with Gasteiger partial charge in [0.05, 0.1) is 22.8 Å². The molecule has 0 saturated heterocycles. The van der Waals surface area contributed by atoms with Gasteiger partial charge in [0.15, 0.2) is 0 Å². The Morgan fingerprint density at radius 2 is 0.867 bits per heavy atom. The van der Waals surface area contributed by atoms with Crippen LogP contribution in [-0.2, 0) is 0 Å². The van der Waals surface area contributed by atoms with Crippen LogP contribution in [0, 0.1) is 0 Å². The van der Waals surface area contributed by atoms with Crippen LogP contribution in [0.1, 0.15) is 13.8 Å². The molecule has 4 heteroatoms. The van der Waals surface area contributed by atoms with Crippen molar-refractivity contribution in [2.24, 2.45) is 0 Å². The van der Waals surface area contributed by atoms with Crippen molar-refractivity contribution in [1.82, 2.24) is 20.4 Å². The normalized spacial score (nSPS) is 10.3. The minimum Gasteiger partial charge on any atom is -0.277 e. The Morgan fingerprint density at radius 3 is 1.30 bits per heavy atom. The van der Waals surface area contributed by atoms with Crippen molar-refractivity contribution in [1.29, 1.82) is 0 Å². The number of rotatable bonds is 4. The summed E-state index contributed by atoms with van der Waals surface area (Å²) in [6.07, 6.45) is 0. The summed E-state index contributed by atoms with van der Waals surface area (Å²) in [4.78, 5) is 0. The van der Waals surface area contributed by atoms with Crippen molar-refractivity contribution in [3.63, 3.8) is 0 Å². The summed E-state index contributed by atoms with van der Waals surface area (Å²) in [6, 6.07) is 32.9. The molecular formula is C26H24N4. The van der Waals surface area contributed by atoms with Gasteiger partial charge in [-0.05, 0) is 29.3 Å². The van der Waals surface area contributed by atoms with E-state index >= 15 is 0 Å². The van der Waals surface area contributed by atoms with Gasteiger partial charge >= 0.3 is 0 Å². The molecule has 30 heavy (non-hydrogen) atoms. The summed E-state index contributed by atoms with van der Waals surface area (Å²) in [5.41, 5.74) is 8.20. The molecule has 2 N–H and O–H groups in total. The SMILES string of the molecule is CC.c1ccc(-c2cc(-c3cccc(-c4cc(-c5ccccc5)[nH]n4)c3)n[nH]2)cc1. The third-order valence-corrected chi connectivity index (χ3v) is 4.78. The van der Waals surface area contributed by atoms with E-state index in [-0.39, 0.29) is 0 Å². The molecule has 2 heterocycles. The minimum absolute atomic E-state index is 0.916. The second kappa shape index (κ2) is 9.05. The fraction of sp³-hybridized carbons (Fsp3) is 0.0769. The smallest absolute Gasteiger partial charge is 0.0927 e. The Bertz CT molecular complexity index is 1110. The lowest BCUT2D eigenvalue weighted by molar-refractivity contribution is 1.10. The van der Waals surface area contributed by atoms with E-state index in [1.54, 1.807) is 0 Å². The van der Waals surface area contributed by atoms with Crippen molar-refractivity contribution in [2.75, 3.05) is 0 Å². The number of hydrogen-bond donors (Lipinski definition) is 2. The van der Waals surface area contributed by atoms with Crippen LogP contribution >= 0.6 is 0 Å². The monoisotopic (exact) mass is 392 g/mol. The van der Waals surface area contributed by atoms with E-state index in [0.717, 1.165) is 45.0 Å². The number of nitrogens with zero attached hydrogens (tertiary/aromatic N) is 2. The third kappa shape index (κ3) is 4.08. The largest absolute Gasteiger partial charge is 0.277 e. The molecule has 0 fully saturated rings. The zero-order valence-electron chi connectivity index (χ0n) is 17.1. The number of aromatic amines is 2. The first-order valence-electron chi connectivity index (χ1n) is 10.2. The summed E-state index contributed by atoms with van der Waals surface area (Å²) in [5.74, 6) is 0. The first-order valence-corrected chi connectivity index (χ1v) is 10.2. The molecule has 2 aromatic heterocycles. The van der Waals surface area contributed by atoms with Crippen molar-refractivity contribution in [2.45, 2.75) is 13.8 Å². The van der Waals surface area contributed by atoms with E-state index in [1.807, 2.05) is 56.3 Å². The van der Waals surface area contributed by atoms with Crippen LogP contribution in [0.5, 0.6) is 0 Å². The molecule has 148 valence electrons. The highest BCUT2D eigenvalue weighted by atomic mass is 15.1. The number of benzene rings is 3. The Balaban J connectivity index is 0.00000106. The third-order valence-electron chi connectivity index (χ3n) is 4.78. The molecular weight excluding hydrogens is 368 g/mol. The lowest BCUT2D eigenvalue weighted by Gasteiger charge is -2.00. The number of H-pyrrole nitrogens is 2. The van der Waals surface area contributed by atoms with E-state index in [4.69, 9.17) is 0 Å². The molecule has 5 rings (SSSR count). The van der Waals surface area contributed by atoms with Gasteiger partial charge in [0.25, 0.3) is 0 Å². The predicted molar refractivity (Wildman–Crippen MR) is 124 cm³/mol. The Morgan fingerprint density at radius 1 is 0.467 bits per heavy atom. The minimum atomic E-state index is 0.916. The van der Waals surface area contributed by atoms with Gasteiger partial charge in [-0.3, -0.25) is 10.2 Å². The molecule has 0 amide bonds. The van der Waals surface area contributed by atoms with Crippen molar-refractivity contribution < 1.29 is 0 Å². The van der Waals surface area contributed by atoms with Gasteiger partial charge in [-0.25, -0.2) is 0 Å². The van der Waals surface area contributed by atoms with Gasteiger partial charge < -0.3 is 0 Å². The van der Waals surface area contributed by atoms with Crippen LogP contribution in [0.25, 0.3) is 45.0 Å². The standard InChI is InChI=1S/C24H18N4.C2H6/c1-3-8-17(9-4-1)21-15-23(27-25-21)19-12-7-13-20(14-19)24-16-22(26-28-24)18-10-5-2-6-11-18;1-2/h1-16H,(H,25,27)(H,26,28);1-2H3. The highest BCUT2D eigenvalue weighted by Gasteiger charge is 2.09. The van der Waals surface area contributed by atoms with Crippen molar-refractivity contribution >= 4 is 0 Å². The fourth-order valence-electron chi connectivity index (χ4n) is 3.31. The molecule has 0 radical (unpaired) electrons. The second-order valence-electron chi connectivity index (χ2n) is 6.65. The topological polar surface area (TPSA) is 57.4 Å². The number of aromatic nitrogens is 4. The van der Waals surface area contributed by atoms with Gasteiger partial charge in [0.2, 0.25) is 0 Å². The van der Waals surface area contributed by atoms with Crippen LogP contribution in [0.2, 0.25) is 0 Å². The Labute approximate surface area is 176 Å². The molecule has 0 aliphatic carbocycles. The van der Waals surface area contributed by atoms with E-state index in [0.29, 0.717) is 0 Å². The predicted octanol–water partition coefficient (Wildman–Crippen LogP) is 6.83. The van der Waals surface area contributed by atoms with Gasteiger partial charge in [0, 0.05) is 11.1 Å². The van der Waals surface area contributed by atoms with Crippen LogP contribution in [-0.4, -0.2) is 20.4 Å². The van der Waals surface area contributed by atoms with Crippen LogP contribution < -0.4 is 0 Å². The van der Waals surface area contributed by atoms with Crippen LogP contribution in [0.15, 0.2) is 97.1 Å². The Kier molecular flexibility index (Phi) is 5.85. The number of nitrogens with one attached hydrogen (secondary N) is 2. The van der Waals surface area contributed by atoms with Gasteiger partial charge in [0.1, 0.15) is 0 Å². The second-order valence-corrected chi connectivity index (χ2v) is 6.65. The summed E-state index contributed by atoms with van der Waals surface area (Å²) >= 11 is 0. The zero-order chi connectivity index (χ0) is 20.8. The molecule has 0 bridgehead atoms. The molecule has 3 aromatic carbocycles.